The lowest BCUT2D eigenvalue weighted by Crippen LogP contribution is -2.28. The van der Waals surface area contributed by atoms with Crippen molar-refractivity contribution in [2.45, 2.75) is 13.5 Å². The van der Waals surface area contributed by atoms with E-state index < -0.39 is 11.9 Å². The number of esters is 1. The first kappa shape index (κ1) is 17.3. The summed E-state index contributed by atoms with van der Waals surface area (Å²) < 4.78 is 15.3. The van der Waals surface area contributed by atoms with Crippen LogP contribution < -0.4 is 10.1 Å². The monoisotopic (exact) mass is 329 g/mol. The number of para-hydroxylation sites is 1. The zero-order valence-corrected chi connectivity index (χ0v) is 13.6. The summed E-state index contributed by atoms with van der Waals surface area (Å²) >= 11 is 0. The van der Waals surface area contributed by atoms with Gasteiger partial charge in [0.15, 0.2) is 6.61 Å². The van der Waals surface area contributed by atoms with Gasteiger partial charge in [-0.2, -0.15) is 0 Å². The number of hydrogen-bond donors (Lipinski definition) is 1. The Morgan fingerprint density at radius 2 is 2.00 bits per heavy atom. The Labute approximate surface area is 140 Å². The van der Waals surface area contributed by atoms with Crippen molar-refractivity contribution in [3.63, 3.8) is 0 Å². The first-order valence-corrected chi connectivity index (χ1v) is 7.38. The molecule has 6 heteroatoms. The Morgan fingerprint density at radius 3 is 2.71 bits per heavy atom. The Kier molecular flexibility index (Phi) is 6.19. The SMILES string of the molecule is COc1ccccc1CNC(=O)COC(=O)C=Cc1ccc(C)o1. The Hall–Kier alpha value is -3.02. The maximum atomic E-state index is 11.7. The van der Waals surface area contributed by atoms with E-state index in [1.54, 1.807) is 19.2 Å². The van der Waals surface area contributed by atoms with Crippen molar-refractivity contribution < 1.29 is 23.5 Å². The topological polar surface area (TPSA) is 77.8 Å². The van der Waals surface area contributed by atoms with Crippen LogP contribution in [0.4, 0.5) is 0 Å². The number of carbonyl (C=O) groups is 2. The van der Waals surface area contributed by atoms with E-state index in [1.165, 1.54) is 12.2 Å². The van der Waals surface area contributed by atoms with Crippen LogP contribution in [0.25, 0.3) is 6.08 Å². The predicted octanol–water partition coefficient (Wildman–Crippen LogP) is 2.47. The van der Waals surface area contributed by atoms with Crippen molar-refractivity contribution >= 4 is 18.0 Å². The van der Waals surface area contributed by atoms with Crippen LogP contribution in [0.5, 0.6) is 5.75 Å². The molecule has 126 valence electrons. The van der Waals surface area contributed by atoms with Gasteiger partial charge in [-0.3, -0.25) is 4.79 Å². The molecule has 0 spiro atoms. The van der Waals surface area contributed by atoms with Crippen LogP contribution in [-0.4, -0.2) is 25.6 Å². The van der Waals surface area contributed by atoms with Gasteiger partial charge < -0.3 is 19.2 Å². The quantitative estimate of drug-likeness (QED) is 0.624. The highest BCUT2D eigenvalue weighted by molar-refractivity contribution is 5.88. The van der Waals surface area contributed by atoms with E-state index in [2.05, 4.69) is 5.32 Å². The standard InChI is InChI=1S/C18H19NO5/c1-13-7-8-15(24-13)9-10-18(21)23-12-17(20)19-11-14-5-3-4-6-16(14)22-2/h3-10H,11-12H2,1-2H3,(H,19,20). The summed E-state index contributed by atoms with van der Waals surface area (Å²) in [5.74, 6) is 0.975. The number of benzene rings is 1. The summed E-state index contributed by atoms with van der Waals surface area (Å²) in [6.45, 7) is 1.75. The molecule has 0 saturated heterocycles. The van der Waals surface area contributed by atoms with E-state index in [-0.39, 0.29) is 6.61 Å². The molecule has 0 bridgehead atoms. The molecule has 1 heterocycles. The molecule has 2 aromatic rings. The minimum atomic E-state index is -0.614. The fourth-order valence-corrected chi connectivity index (χ4v) is 1.97. The third kappa shape index (κ3) is 5.31. The van der Waals surface area contributed by atoms with Gasteiger partial charge in [-0.15, -0.1) is 0 Å². The number of amides is 1. The fraction of sp³-hybridized carbons (Fsp3) is 0.222. The highest BCUT2D eigenvalue weighted by atomic mass is 16.5. The van der Waals surface area contributed by atoms with Crippen molar-refractivity contribution in [2.75, 3.05) is 13.7 Å². The molecule has 0 aliphatic heterocycles. The highest BCUT2D eigenvalue weighted by Crippen LogP contribution is 2.16. The Bertz CT molecular complexity index is 733. The lowest BCUT2D eigenvalue weighted by atomic mass is 10.2. The van der Waals surface area contributed by atoms with E-state index in [4.69, 9.17) is 13.9 Å². The molecule has 2 rings (SSSR count). The molecule has 0 aliphatic carbocycles. The van der Waals surface area contributed by atoms with E-state index in [1.807, 2.05) is 31.2 Å². The molecule has 6 nitrogen and oxygen atoms in total. The molecule has 0 saturated carbocycles. The average Bonchev–Trinajstić information content (AvgIpc) is 3.01. The zero-order chi connectivity index (χ0) is 17.4. The molecule has 1 aromatic heterocycles. The van der Waals surface area contributed by atoms with E-state index in [0.29, 0.717) is 18.1 Å². The summed E-state index contributed by atoms with van der Waals surface area (Å²) in [5, 5.41) is 2.67. The summed E-state index contributed by atoms with van der Waals surface area (Å²) in [4.78, 5) is 23.3. The zero-order valence-electron chi connectivity index (χ0n) is 13.6. The second-order valence-electron chi connectivity index (χ2n) is 4.98. The van der Waals surface area contributed by atoms with Crippen molar-refractivity contribution in [1.29, 1.82) is 0 Å². The minimum Gasteiger partial charge on any atom is -0.496 e. The van der Waals surface area contributed by atoms with E-state index in [9.17, 15) is 9.59 Å². The number of aryl methyl sites for hydroxylation is 1. The van der Waals surface area contributed by atoms with Gasteiger partial charge in [0.25, 0.3) is 5.91 Å². The van der Waals surface area contributed by atoms with Crippen LogP contribution in [-0.2, 0) is 20.9 Å². The van der Waals surface area contributed by atoms with Gasteiger partial charge in [0.05, 0.1) is 7.11 Å². The van der Waals surface area contributed by atoms with Crippen molar-refractivity contribution in [2.24, 2.45) is 0 Å². The smallest absolute Gasteiger partial charge is 0.331 e. The van der Waals surface area contributed by atoms with Gasteiger partial charge in [0.2, 0.25) is 0 Å². The van der Waals surface area contributed by atoms with Gasteiger partial charge in [-0.1, -0.05) is 18.2 Å². The number of rotatable bonds is 7. The number of furan rings is 1. The molecular formula is C18H19NO5. The van der Waals surface area contributed by atoms with Crippen LogP contribution in [0.15, 0.2) is 46.9 Å². The predicted molar refractivity (Wildman–Crippen MR) is 88.3 cm³/mol. The largest absolute Gasteiger partial charge is 0.496 e. The number of nitrogens with one attached hydrogen (secondary N) is 1. The molecule has 0 atom stereocenters. The molecule has 1 amide bonds. The third-order valence-corrected chi connectivity index (χ3v) is 3.16. The molecule has 0 aliphatic rings. The van der Waals surface area contributed by atoms with Crippen molar-refractivity contribution in [3.8, 4) is 5.75 Å². The first-order valence-electron chi connectivity index (χ1n) is 7.38. The molecule has 0 fully saturated rings. The molecule has 0 radical (unpaired) electrons. The van der Waals surface area contributed by atoms with Gasteiger partial charge in [0, 0.05) is 18.2 Å². The van der Waals surface area contributed by atoms with E-state index >= 15 is 0 Å². The molecule has 1 aromatic carbocycles. The van der Waals surface area contributed by atoms with Crippen LogP contribution in [0.3, 0.4) is 0 Å². The van der Waals surface area contributed by atoms with Gasteiger partial charge in [-0.05, 0) is 31.2 Å². The van der Waals surface area contributed by atoms with Gasteiger partial charge in [0.1, 0.15) is 17.3 Å². The van der Waals surface area contributed by atoms with Crippen LogP contribution in [0.1, 0.15) is 17.1 Å². The van der Waals surface area contributed by atoms with Crippen LogP contribution in [0.2, 0.25) is 0 Å². The lowest BCUT2D eigenvalue weighted by molar-refractivity contribution is -0.143. The highest BCUT2D eigenvalue weighted by Gasteiger charge is 2.07. The maximum Gasteiger partial charge on any atom is 0.331 e. The van der Waals surface area contributed by atoms with E-state index in [0.717, 1.165) is 11.3 Å². The van der Waals surface area contributed by atoms with Crippen LogP contribution >= 0.6 is 0 Å². The Balaban J connectivity index is 1.74. The van der Waals surface area contributed by atoms with Crippen molar-refractivity contribution in [3.05, 3.63) is 59.6 Å². The Morgan fingerprint density at radius 1 is 1.21 bits per heavy atom. The molecule has 1 N–H and O–H groups in total. The second kappa shape index (κ2) is 8.57. The minimum absolute atomic E-state index is 0.294. The fourth-order valence-electron chi connectivity index (χ4n) is 1.97. The van der Waals surface area contributed by atoms with Gasteiger partial charge >= 0.3 is 5.97 Å². The average molecular weight is 329 g/mol. The summed E-state index contributed by atoms with van der Waals surface area (Å²) in [5.41, 5.74) is 0.841. The lowest BCUT2D eigenvalue weighted by Gasteiger charge is -2.09. The molecular weight excluding hydrogens is 310 g/mol. The summed E-state index contributed by atoms with van der Waals surface area (Å²) in [6, 6.07) is 10.9. The number of ether oxygens (including phenoxy) is 2. The van der Waals surface area contributed by atoms with Crippen molar-refractivity contribution in [1.82, 2.24) is 5.32 Å². The third-order valence-electron chi connectivity index (χ3n) is 3.16. The van der Waals surface area contributed by atoms with Gasteiger partial charge in [-0.25, -0.2) is 4.79 Å². The summed E-state index contributed by atoms with van der Waals surface area (Å²) in [7, 11) is 1.56. The number of hydrogen-bond acceptors (Lipinski definition) is 5. The molecule has 0 unspecified atom stereocenters. The maximum absolute atomic E-state index is 11.7. The molecule has 24 heavy (non-hydrogen) atoms. The normalized spacial score (nSPS) is 10.6. The second-order valence-corrected chi connectivity index (χ2v) is 4.98. The number of methoxy groups -OCH3 is 1. The summed E-state index contributed by atoms with van der Waals surface area (Å²) in [6.07, 6.45) is 2.70. The first-order chi connectivity index (χ1) is 11.6. The van der Waals surface area contributed by atoms with Crippen LogP contribution in [0, 0.1) is 6.92 Å². The number of carbonyl (C=O) groups excluding carboxylic acids is 2.